The largest absolute Gasteiger partial charge is 0.369 e. The molecule has 0 aliphatic carbocycles. The van der Waals surface area contributed by atoms with Gasteiger partial charge in [-0.05, 0) is 28.0 Å². The topological polar surface area (TPSA) is 62.8 Å². The quantitative estimate of drug-likeness (QED) is 0.441. The third-order valence-electron chi connectivity index (χ3n) is 3.44. The lowest BCUT2D eigenvalue weighted by molar-refractivity contribution is 0.963. The molecule has 114 valence electrons. The summed E-state index contributed by atoms with van der Waals surface area (Å²) in [5.41, 5.74) is 10.7. The van der Waals surface area contributed by atoms with Crippen LogP contribution in [-0.4, -0.2) is 12.2 Å². The Hall–Kier alpha value is -3.14. The number of aliphatic imine (C=N–C) groups is 1. The molecule has 3 aromatic rings. The first-order valence-electron chi connectivity index (χ1n) is 7.43. The van der Waals surface area contributed by atoms with Crippen molar-refractivity contribution in [2.45, 2.75) is 6.54 Å². The monoisotopic (exact) mass is 302 g/mol. The molecule has 0 aliphatic rings. The first-order chi connectivity index (χ1) is 11.3. The van der Waals surface area contributed by atoms with Crippen LogP contribution in [0.2, 0.25) is 0 Å². The van der Waals surface area contributed by atoms with E-state index in [9.17, 15) is 0 Å². The van der Waals surface area contributed by atoms with Crippen LogP contribution >= 0.6 is 0 Å². The van der Waals surface area contributed by atoms with E-state index >= 15 is 0 Å². The number of hydrogen-bond acceptors (Lipinski definition) is 2. The molecule has 0 saturated heterocycles. The minimum atomic E-state index is 0.297. The van der Waals surface area contributed by atoms with Crippen molar-refractivity contribution < 1.29 is 0 Å². The van der Waals surface area contributed by atoms with Gasteiger partial charge in [0.15, 0.2) is 0 Å². The van der Waals surface area contributed by atoms with Gasteiger partial charge < -0.3 is 5.73 Å². The summed E-state index contributed by atoms with van der Waals surface area (Å²) in [5, 5.41) is 6.52. The fraction of sp³-hybridized carbons (Fsp3) is 0.0526. The molecule has 4 heteroatoms. The average Bonchev–Trinajstić information content (AvgIpc) is 2.61. The maximum atomic E-state index is 5.80. The van der Waals surface area contributed by atoms with Crippen molar-refractivity contribution in [2.24, 2.45) is 15.8 Å². The number of nitrogens with zero attached hydrogens (tertiary/aromatic N) is 2. The van der Waals surface area contributed by atoms with E-state index in [2.05, 4.69) is 39.8 Å². The van der Waals surface area contributed by atoms with Crippen molar-refractivity contribution in [3.8, 4) is 0 Å². The molecule has 3 N–H and O–H groups in total. The summed E-state index contributed by atoms with van der Waals surface area (Å²) in [7, 11) is 0. The van der Waals surface area contributed by atoms with Gasteiger partial charge in [0, 0.05) is 0 Å². The van der Waals surface area contributed by atoms with Crippen LogP contribution in [0.15, 0.2) is 82.9 Å². The van der Waals surface area contributed by atoms with Gasteiger partial charge in [0.25, 0.3) is 0 Å². The van der Waals surface area contributed by atoms with Crippen molar-refractivity contribution >= 4 is 22.9 Å². The number of hydrogen-bond donors (Lipinski definition) is 2. The highest BCUT2D eigenvalue weighted by Crippen LogP contribution is 2.14. The number of nitrogens with one attached hydrogen (secondary N) is 1. The van der Waals surface area contributed by atoms with E-state index in [-0.39, 0.29) is 0 Å². The molecule has 0 fully saturated rings. The molecule has 0 atom stereocenters. The fourth-order valence-corrected chi connectivity index (χ4v) is 2.26. The van der Waals surface area contributed by atoms with Gasteiger partial charge in [0.2, 0.25) is 5.96 Å². The van der Waals surface area contributed by atoms with Gasteiger partial charge in [-0.1, -0.05) is 66.7 Å². The Balaban J connectivity index is 1.60. The lowest BCUT2D eigenvalue weighted by Gasteiger charge is -2.01. The first kappa shape index (κ1) is 14.8. The summed E-state index contributed by atoms with van der Waals surface area (Å²) >= 11 is 0. The van der Waals surface area contributed by atoms with E-state index in [1.54, 1.807) is 6.21 Å². The van der Waals surface area contributed by atoms with E-state index in [4.69, 9.17) is 5.73 Å². The highest BCUT2D eigenvalue weighted by Gasteiger charge is 1.94. The maximum absolute atomic E-state index is 5.80. The highest BCUT2D eigenvalue weighted by molar-refractivity contribution is 5.90. The molecule has 3 rings (SSSR count). The van der Waals surface area contributed by atoms with Crippen molar-refractivity contribution in [3.05, 3.63) is 83.9 Å². The molecular formula is C19H18N4. The van der Waals surface area contributed by atoms with Crippen LogP contribution < -0.4 is 11.2 Å². The Morgan fingerprint density at radius 3 is 2.48 bits per heavy atom. The number of hydrazone groups is 1. The summed E-state index contributed by atoms with van der Waals surface area (Å²) in [5.74, 6) is 0.297. The Bertz CT molecular complexity index is 838. The third-order valence-corrected chi connectivity index (χ3v) is 3.44. The van der Waals surface area contributed by atoms with Crippen LogP contribution in [0, 0.1) is 0 Å². The standard InChI is InChI=1S/C19H18N4/c20-19(21-13-15-6-2-1-3-7-15)23-22-14-16-10-11-17-8-4-5-9-18(17)12-16/h1-12,14H,13H2,(H3,20,21,23). The minimum Gasteiger partial charge on any atom is -0.369 e. The maximum Gasteiger partial charge on any atom is 0.209 e. The summed E-state index contributed by atoms with van der Waals surface area (Å²) < 4.78 is 0. The fourth-order valence-electron chi connectivity index (χ4n) is 2.26. The predicted molar refractivity (Wildman–Crippen MR) is 96.4 cm³/mol. The second-order valence-corrected chi connectivity index (χ2v) is 5.16. The molecule has 3 aromatic carbocycles. The number of rotatable bonds is 4. The highest BCUT2D eigenvalue weighted by atomic mass is 15.3. The van der Waals surface area contributed by atoms with Gasteiger partial charge in [-0.25, -0.2) is 10.4 Å². The van der Waals surface area contributed by atoms with Gasteiger partial charge in [0.05, 0.1) is 12.8 Å². The smallest absolute Gasteiger partial charge is 0.209 e. The van der Waals surface area contributed by atoms with Crippen LogP contribution in [-0.2, 0) is 6.54 Å². The Labute approximate surface area is 135 Å². The van der Waals surface area contributed by atoms with Crippen LogP contribution in [0.25, 0.3) is 10.8 Å². The molecule has 0 bridgehead atoms. The van der Waals surface area contributed by atoms with Crippen molar-refractivity contribution in [1.29, 1.82) is 0 Å². The molecule has 0 aliphatic heterocycles. The predicted octanol–water partition coefficient (Wildman–Crippen LogP) is 3.28. The molecule has 0 unspecified atom stereocenters. The van der Waals surface area contributed by atoms with E-state index in [1.165, 1.54) is 10.8 Å². The van der Waals surface area contributed by atoms with Gasteiger partial charge in [-0.2, -0.15) is 5.10 Å². The van der Waals surface area contributed by atoms with E-state index in [1.807, 2.05) is 48.5 Å². The second-order valence-electron chi connectivity index (χ2n) is 5.16. The van der Waals surface area contributed by atoms with Crippen molar-refractivity contribution in [1.82, 2.24) is 5.43 Å². The van der Waals surface area contributed by atoms with Crippen molar-refractivity contribution in [2.75, 3.05) is 0 Å². The Morgan fingerprint density at radius 1 is 0.913 bits per heavy atom. The summed E-state index contributed by atoms with van der Waals surface area (Å²) in [4.78, 5) is 4.25. The molecule has 0 amide bonds. The van der Waals surface area contributed by atoms with E-state index in [0.717, 1.165) is 11.1 Å². The molecule has 0 radical (unpaired) electrons. The van der Waals surface area contributed by atoms with Crippen molar-refractivity contribution in [3.63, 3.8) is 0 Å². The lowest BCUT2D eigenvalue weighted by Crippen LogP contribution is -2.27. The zero-order valence-electron chi connectivity index (χ0n) is 12.7. The molecule has 0 spiro atoms. The van der Waals surface area contributed by atoms with Gasteiger partial charge in [0.1, 0.15) is 0 Å². The number of nitrogens with two attached hydrogens (primary N) is 1. The molecule has 4 nitrogen and oxygen atoms in total. The zero-order valence-corrected chi connectivity index (χ0v) is 12.7. The molecule has 0 aromatic heterocycles. The molecule has 0 saturated carbocycles. The van der Waals surface area contributed by atoms with Crippen LogP contribution in [0.3, 0.4) is 0 Å². The number of benzene rings is 3. The zero-order chi connectivity index (χ0) is 15.9. The lowest BCUT2D eigenvalue weighted by atomic mass is 10.1. The molecule has 23 heavy (non-hydrogen) atoms. The SMILES string of the molecule is NC(=NCc1ccccc1)NN=Cc1ccc2ccccc2c1. The van der Waals surface area contributed by atoms with Gasteiger partial charge in [-0.15, -0.1) is 0 Å². The summed E-state index contributed by atoms with van der Waals surface area (Å²) in [6, 6.07) is 24.3. The van der Waals surface area contributed by atoms with Gasteiger partial charge in [-0.3, -0.25) is 0 Å². The molecule has 0 heterocycles. The van der Waals surface area contributed by atoms with E-state index < -0.39 is 0 Å². The Morgan fingerprint density at radius 2 is 1.65 bits per heavy atom. The second kappa shape index (κ2) is 7.22. The first-order valence-corrected chi connectivity index (χ1v) is 7.43. The molecular weight excluding hydrogens is 284 g/mol. The normalized spacial score (nSPS) is 11.9. The van der Waals surface area contributed by atoms with Crippen LogP contribution in [0.1, 0.15) is 11.1 Å². The van der Waals surface area contributed by atoms with E-state index in [0.29, 0.717) is 12.5 Å². The summed E-state index contributed by atoms with van der Waals surface area (Å²) in [6.45, 7) is 0.533. The van der Waals surface area contributed by atoms with Crippen LogP contribution in [0.5, 0.6) is 0 Å². The minimum absolute atomic E-state index is 0.297. The third kappa shape index (κ3) is 4.17. The number of guanidine groups is 1. The van der Waals surface area contributed by atoms with Crippen LogP contribution in [0.4, 0.5) is 0 Å². The number of fused-ring (bicyclic) bond motifs is 1. The summed E-state index contributed by atoms with van der Waals surface area (Å²) in [6.07, 6.45) is 1.73. The van der Waals surface area contributed by atoms with Gasteiger partial charge >= 0.3 is 0 Å². The average molecular weight is 302 g/mol. The Kier molecular flexibility index (Phi) is 4.64.